The summed E-state index contributed by atoms with van der Waals surface area (Å²) in [6.07, 6.45) is 0.277. The lowest BCUT2D eigenvalue weighted by atomic mass is 10.4. The molecule has 0 aliphatic heterocycles. The van der Waals surface area contributed by atoms with Gasteiger partial charge in [-0.05, 0) is 13.8 Å². The Morgan fingerprint density at radius 2 is 2.10 bits per heavy atom. The Morgan fingerprint density at radius 1 is 1.33 bits per heavy atom. The Bertz CT molecular complexity index is 475. The van der Waals surface area contributed by atoms with Crippen LogP contribution in [0.1, 0.15) is 20.3 Å². The molecule has 0 bridgehead atoms. The zero-order valence-corrected chi connectivity index (χ0v) is 12.5. The van der Waals surface area contributed by atoms with Gasteiger partial charge in [0, 0.05) is 20.2 Å². The molecular formula is C12H21N7O2. The highest BCUT2D eigenvalue weighted by Gasteiger charge is 2.14. The van der Waals surface area contributed by atoms with Crippen LogP contribution in [0.25, 0.3) is 0 Å². The molecule has 0 saturated heterocycles. The van der Waals surface area contributed by atoms with Crippen molar-refractivity contribution in [3.05, 3.63) is 0 Å². The van der Waals surface area contributed by atoms with Crippen LogP contribution in [0.4, 0.5) is 11.9 Å². The molecule has 0 aliphatic carbocycles. The lowest BCUT2D eigenvalue weighted by molar-refractivity contribution is 0.204. The van der Waals surface area contributed by atoms with Gasteiger partial charge >= 0.3 is 6.01 Å². The first-order chi connectivity index (χ1) is 10.1. The molecule has 9 heteroatoms. The van der Waals surface area contributed by atoms with Crippen LogP contribution >= 0.6 is 0 Å². The summed E-state index contributed by atoms with van der Waals surface area (Å²) in [6, 6.07) is 2.28. The number of hydrogen-bond donors (Lipinski definition) is 2. The molecule has 0 radical (unpaired) electrons. The van der Waals surface area contributed by atoms with E-state index in [0.717, 1.165) is 0 Å². The molecule has 3 N–H and O–H groups in total. The van der Waals surface area contributed by atoms with Gasteiger partial charge in [0.1, 0.15) is 0 Å². The van der Waals surface area contributed by atoms with Crippen molar-refractivity contribution in [2.75, 3.05) is 37.1 Å². The zero-order chi connectivity index (χ0) is 15.7. The van der Waals surface area contributed by atoms with Crippen LogP contribution in [0, 0.1) is 11.3 Å². The van der Waals surface area contributed by atoms with Gasteiger partial charge < -0.3 is 14.4 Å². The van der Waals surface area contributed by atoms with Crippen LogP contribution in [0.3, 0.4) is 0 Å². The fourth-order valence-electron chi connectivity index (χ4n) is 1.51. The van der Waals surface area contributed by atoms with Gasteiger partial charge in [-0.3, -0.25) is 5.43 Å². The van der Waals surface area contributed by atoms with Crippen molar-refractivity contribution in [3.63, 3.8) is 0 Å². The standard InChI is InChI=1S/C12H21N7O2/c1-9(2)21-12-16-10(18-14)15-11(17-12)19(6-4-5-13)7-8-20-3/h9H,4,6-8,14H2,1-3H3,(H,15,16,17,18). The van der Waals surface area contributed by atoms with Gasteiger partial charge in [0.05, 0.1) is 25.2 Å². The summed E-state index contributed by atoms with van der Waals surface area (Å²) in [7, 11) is 1.61. The summed E-state index contributed by atoms with van der Waals surface area (Å²) in [4.78, 5) is 14.3. The SMILES string of the molecule is COCCN(CCC#N)c1nc(NN)nc(OC(C)C)n1. The number of hydrazine groups is 1. The maximum Gasteiger partial charge on any atom is 0.323 e. The number of nitrogens with zero attached hydrogens (tertiary/aromatic N) is 5. The van der Waals surface area contributed by atoms with Crippen molar-refractivity contribution in [1.29, 1.82) is 5.26 Å². The van der Waals surface area contributed by atoms with Crippen molar-refractivity contribution in [1.82, 2.24) is 15.0 Å². The lowest BCUT2D eigenvalue weighted by Crippen LogP contribution is -2.31. The van der Waals surface area contributed by atoms with Gasteiger partial charge in [0.15, 0.2) is 0 Å². The third kappa shape index (κ3) is 5.76. The van der Waals surface area contributed by atoms with E-state index in [1.165, 1.54) is 0 Å². The van der Waals surface area contributed by atoms with Crippen LogP contribution in [-0.2, 0) is 4.74 Å². The fourth-order valence-corrected chi connectivity index (χ4v) is 1.51. The second kappa shape index (κ2) is 8.89. The van der Waals surface area contributed by atoms with Crippen molar-refractivity contribution in [2.24, 2.45) is 5.84 Å². The molecule has 116 valence electrons. The molecule has 0 spiro atoms. The summed E-state index contributed by atoms with van der Waals surface area (Å²) < 4.78 is 10.5. The average molecular weight is 295 g/mol. The van der Waals surface area contributed by atoms with Gasteiger partial charge in [-0.15, -0.1) is 0 Å². The normalized spacial score (nSPS) is 10.3. The fraction of sp³-hybridized carbons (Fsp3) is 0.667. The minimum Gasteiger partial charge on any atom is -0.461 e. The number of nitrogens with two attached hydrogens (primary N) is 1. The van der Waals surface area contributed by atoms with Crippen molar-refractivity contribution < 1.29 is 9.47 Å². The number of anilines is 2. The molecule has 1 rings (SSSR count). The number of hydrogen-bond acceptors (Lipinski definition) is 9. The molecule has 0 saturated carbocycles. The third-order valence-electron chi connectivity index (χ3n) is 2.41. The zero-order valence-electron chi connectivity index (χ0n) is 12.5. The number of rotatable bonds is 9. The minimum absolute atomic E-state index is 0.0718. The van der Waals surface area contributed by atoms with Gasteiger partial charge in [-0.25, -0.2) is 5.84 Å². The highest BCUT2D eigenvalue weighted by Crippen LogP contribution is 2.15. The number of nitrogens with one attached hydrogen (secondary N) is 1. The molecule has 0 fully saturated rings. The largest absolute Gasteiger partial charge is 0.461 e. The summed E-state index contributed by atoms with van der Waals surface area (Å²) in [6.45, 7) is 5.26. The third-order valence-corrected chi connectivity index (χ3v) is 2.41. The van der Waals surface area contributed by atoms with E-state index >= 15 is 0 Å². The van der Waals surface area contributed by atoms with Crippen LogP contribution in [0.2, 0.25) is 0 Å². The predicted molar refractivity (Wildman–Crippen MR) is 77.7 cm³/mol. The van der Waals surface area contributed by atoms with Gasteiger partial charge in [-0.1, -0.05) is 0 Å². The number of aromatic nitrogens is 3. The van der Waals surface area contributed by atoms with Crippen molar-refractivity contribution >= 4 is 11.9 Å². The molecule has 1 aromatic heterocycles. The van der Waals surface area contributed by atoms with Crippen LogP contribution in [0.5, 0.6) is 6.01 Å². The van der Waals surface area contributed by atoms with E-state index in [9.17, 15) is 0 Å². The van der Waals surface area contributed by atoms with E-state index in [1.807, 2.05) is 18.7 Å². The quantitative estimate of drug-likeness (QED) is 0.489. The van der Waals surface area contributed by atoms with Crippen LogP contribution in [0.15, 0.2) is 0 Å². The monoisotopic (exact) mass is 295 g/mol. The average Bonchev–Trinajstić information content (AvgIpc) is 2.46. The molecule has 0 aliphatic rings. The first-order valence-electron chi connectivity index (χ1n) is 6.60. The van der Waals surface area contributed by atoms with Crippen molar-refractivity contribution in [3.8, 4) is 12.1 Å². The van der Waals surface area contributed by atoms with Crippen molar-refractivity contribution in [2.45, 2.75) is 26.4 Å². The lowest BCUT2D eigenvalue weighted by Gasteiger charge is -2.21. The van der Waals surface area contributed by atoms with E-state index in [0.29, 0.717) is 32.1 Å². The molecule has 0 unspecified atom stereocenters. The van der Waals surface area contributed by atoms with E-state index in [-0.39, 0.29) is 18.1 Å². The molecule has 0 amide bonds. The second-order valence-electron chi connectivity index (χ2n) is 4.44. The summed E-state index contributed by atoms with van der Waals surface area (Å²) in [5.41, 5.74) is 2.38. The molecular weight excluding hydrogens is 274 g/mol. The van der Waals surface area contributed by atoms with Crippen LogP contribution < -0.4 is 20.9 Å². The highest BCUT2D eigenvalue weighted by atomic mass is 16.5. The predicted octanol–water partition coefficient (Wildman–Crippen LogP) is 0.311. The maximum absolute atomic E-state index is 8.74. The molecule has 1 aromatic rings. The van der Waals surface area contributed by atoms with E-state index in [4.69, 9.17) is 20.6 Å². The summed E-state index contributed by atoms with van der Waals surface area (Å²) >= 11 is 0. The second-order valence-corrected chi connectivity index (χ2v) is 4.44. The number of nitrogen functional groups attached to an aromatic ring is 1. The molecule has 0 aromatic carbocycles. The minimum atomic E-state index is -0.0718. The van der Waals surface area contributed by atoms with Gasteiger partial charge in [-0.2, -0.15) is 20.2 Å². The molecule has 9 nitrogen and oxygen atoms in total. The number of ether oxygens (including phenoxy) is 2. The molecule has 0 atom stereocenters. The summed E-state index contributed by atoms with van der Waals surface area (Å²) in [5.74, 6) is 5.96. The van der Waals surface area contributed by atoms with Gasteiger partial charge in [0.2, 0.25) is 11.9 Å². The Kier molecular flexibility index (Phi) is 7.14. The summed E-state index contributed by atoms with van der Waals surface area (Å²) in [5, 5.41) is 8.74. The first-order valence-corrected chi connectivity index (χ1v) is 6.60. The Morgan fingerprint density at radius 3 is 2.67 bits per heavy atom. The maximum atomic E-state index is 8.74. The molecule has 1 heterocycles. The number of nitriles is 1. The molecule has 21 heavy (non-hydrogen) atoms. The Balaban J connectivity index is 3.00. The van der Waals surface area contributed by atoms with E-state index in [1.54, 1.807) is 7.11 Å². The van der Waals surface area contributed by atoms with E-state index < -0.39 is 0 Å². The van der Waals surface area contributed by atoms with E-state index in [2.05, 4.69) is 26.4 Å². The highest BCUT2D eigenvalue weighted by molar-refractivity contribution is 5.37. The smallest absolute Gasteiger partial charge is 0.323 e. The Hall–Kier alpha value is -2.18. The Labute approximate surface area is 124 Å². The van der Waals surface area contributed by atoms with Crippen LogP contribution in [-0.4, -0.2) is 47.9 Å². The first kappa shape index (κ1) is 16.9. The van der Waals surface area contributed by atoms with Gasteiger partial charge in [0.25, 0.3) is 0 Å². The number of methoxy groups -OCH3 is 1. The topological polar surface area (TPSA) is 122 Å².